The van der Waals surface area contributed by atoms with Crippen molar-refractivity contribution >= 4 is 29.4 Å². The van der Waals surface area contributed by atoms with E-state index in [0.29, 0.717) is 24.8 Å². The zero-order chi connectivity index (χ0) is 32.8. The Labute approximate surface area is 260 Å². The minimum Gasteiger partial charge on any atom is -0.460 e. The van der Waals surface area contributed by atoms with E-state index in [0.717, 1.165) is 6.08 Å². The number of hydrogen-bond acceptors (Lipinski definition) is 8. The van der Waals surface area contributed by atoms with Crippen molar-refractivity contribution in [2.24, 2.45) is 11.8 Å². The Bertz CT molecular complexity index is 1260. The summed E-state index contributed by atoms with van der Waals surface area (Å²) in [6, 6.07) is -0.866. The van der Waals surface area contributed by atoms with Crippen LogP contribution in [-0.4, -0.2) is 65.9 Å². The van der Waals surface area contributed by atoms with Crippen molar-refractivity contribution < 1.29 is 38.6 Å². The number of carbonyl (C=O) groups is 5. The lowest BCUT2D eigenvalue weighted by Gasteiger charge is -2.29. The Hall–Kier alpha value is -3.89. The van der Waals surface area contributed by atoms with Crippen LogP contribution in [0.1, 0.15) is 66.7 Å². The second-order valence-electron chi connectivity index (χ2n) is 11.2. The molecule has 0 aromatic rings. The van der Waals surface area contributed by atoms with E-state index in [1.165, 1.54) is 13.2 Å². The quantitative estimate of drug-likeness (QED) is 0.234. The molecule has 0 fully saturated rings. The number of esters is 1. The number of aliphatic hydroxyl groups is 1. The number of ketones is 2. The van der Waals surface area contributed by atoms with E-state index in [1.54, 1.807) is 64.2 Å². The molecule has 2 aliphatic rings. The number of carbonyl (C=O) groups excluding carboxylic acids is 5. The van der Waals surface area contributed by atoms with Crippen LogP contribution in [0.4, 0.5) is 0 Å². The lowest BCUT2D eigenvalue weighted by Crippen LogP contribution is -2.44. The van der Waals surface area contributed by atoms with Crippen LogP contribution in [0.15, 0.2) is 71.5 Å². The fourth-order valence-electron chi connectivity index (χ4n) is 4.58. The number of Topliss-reactive ketones (excluding diaryl/α,β-unsaturated/α-hetero) is 1. The maximum atomic E-state index is 13.0. The maximum Gasteiger partial charge on any atom is 0.328 e. The number of hydrogen-bond donors (Lipinski definition) is 3. The standard InChI is InChI=1S/C34H46N2O8/c1-7-21(2)33(41)35-24(5)34(42)44-29-17-12-10-8-9-11-16-27(43-6)20-30(38)36-28-19-26(37)18-25(32(28)40)15-13-14-22(3)31(39)23(29)4/h8-12,14,16,18-19,21,23-24,27,29,31,39H,7,13,15,17,20H2,1-6H3,(H,35,41)(H,36,38)/b9-8+,12-10+,16-11+,22-14-/t21?,23?,24-,27?,29?,31?/m0/s1. The summed E-state index contributed by atoms with van der Waals surface area (Å²) < 4.78 is 11.2. The van der Waals surface area contributed by atoms with Gasteiger partial charge < -0.3 is 25.2 Å². The predicted molar refractivity (Wildman–Crippen MR) is 167 cm³/mol. The Morgan fingerprint density at radius 1 is 1.11 bits per heavy atom. The highest BCUT2D eigenvalue weighted by atomic mass is 16.5. The van der Waals surface area contributed by atoms with Gasteiger partial charge in [0.2, 0.25) is 17.6 Å². The van der Waals surface area contributed by atoms with Crippen LogP contribution in [0.5, 0.6) is 0 Å². The van der Waals surface area contributed by atoms with Gasteiger partial charge in [-0.15, -0.1) is 0 Å². The molecule has 240 valence electrons. The third-order valence-electron chi connectivity index (χ3n) is 7.74. The highest BCUT2D eigenvalue weighted by Crippen LogP contribution is 2.24. The Morgan fingerprint density at radius 3 is 2.50 bits per heavy atom. The smallest absolute Gasteiger partial charge is 0.328 e. The van der Waals surface area contributed by atoms with E-state index in [-0.39, 0.29) is 35.9 Å². The third-order valence-corrected chi connectivity index (χ3v) is 7.74. The van der Waals surface area contributed by atoms with Crippen LogP contribution in [-0.2, 0) is 33.4 Å². The molecule has 2 rings (SSSR count). The summed E-state index contributed by atoms with van der Waals surface area (Å²) in [5.41, 5.74) is 0.784. The van der Waals surface area contributed by atoms with Gasteiger partial charge in [0.1, 0.15) is 12.1 Å². The minimum atomic E-state index is -0.975. The largest absolute Gasteiger partial charge is 0.460 e. The SMILES string of the molecule is CCC(C)C(=O)N[C@@H](C)C(=O)OC1C/C=C/C=C/C=C/C(OC)CC(=O)NC2=CC(=O)C=C(CC/C=C(/C)C(O)C1C)C2=O. The van der Waals surface area contributed by atoms with Crippen LogP contribution in [0.2, 0.25) is 0 Å². The van der Waals surface area contributed by atoms with E-state index in [4.69, 9.17) is 9.47 Å². The first-order valence-electron chi connectivity index (χ1n) is 15.1. The van der Waals surface area contributed by atoms with Gasteiger partial charge in [0.15, 0.2) is 5.78 Å². The van der Waals surface area contributed by atoms with Crippen LogP contribution < -0.4 is 10.6 Å². The maximum absolute atomic E-state index is 13.0. The molecular weight excluding hydrogens is 564 g/mol. The molecule has 2 bridgehead atoms. The van der Waals surface area contributed by atoms with Crippen molar-refractivity contribution in [1.82, 2.24) is 10.6 Å². The summed E-state index contributed by atoms with van der Waals surface area (Å²) in [5, 5.41) is 16.4. The molecule has 44 heavy (non-hydrogen) atoms. The fraction of sp³-hybridized carbons (Fsp3) is 0.500. The van der Waals surface area contributed by atoms with Crippen LogP contribution in [0, 0.1) is 11.8 Å². The molecule has 1 heterocycles. The highest BCUT2D eigenvalue weighted by molar-refractivity contribution is 6.21. The molecule has 1 aliphatic heterocycles. The van der Waals surface area contributed by atoms with Crippen molar-refractivity contribution in [3.05, 3.63) is 71.5 Å². The Morgan fingerprint density at radius 2 is 1.82 bits per heavy atom. The first-order chi connectivity index (χ1) is 20.9. The summed E-state index contributed by atoms with van der Waals surface area (Å²) in [6.45, 7) is 8.76. The molecule has 10 heteroatoms. The Kier molecular flexibility index (Phi) is 14.9. The van der Waals surface area contributed by atoms with Crippen molar-refractivity contribution in [3.63, 3.8) is 0 Å². The zero-order valence-electron chi connectivity index (χ0n) is 26.5. The molecule has 0 saturated heterocycles. The summed E-state index contributed by atoms with van der Waals surface area (Å²) in [4.78, 5) is 63.2. The monoisotopic (exact) mass is 610 g/mol. The molecule has 3 N–H and O–H groups in total. The number of allylic oxidation sites excluding steroid dienone is 8. The highest BCUT2D eigenvalue weighted by Gasteiger charge is 2.30. The lowest BCUT2D eigenvalue weighted by atomic mass is 9.90. The third kappa shape index (κ3) is 11.3. The number of aliphatic hydroxyl groups excluding tert-OH is 1. The van der Waals surface area contributed by atoms with Crippen LogP contribution in [0.25, 0.3) is 0 Å². The average Bonchev–Trinajstić information content (AvgIpc) is 2.99. The van der Waals surface area contributed by atoms with Gasteiger partial charge in [-0.3, -0.25) is 19.2 Å². The van der Waals surface area contributed by atoms with Gasteiger partial charge in [-0.1, -0.05) is 63.3 Å². The van der Waals surface area contributed by atoms with Crippen LogP contribution >= 0.6 is 0 Å². The summed E-state index contributed by atoms with van der Waals surface area (Å²) in [5.74, 6) is -2.90. The molecule has 0 aromatic carbocycles. The number of nitrogens with one attached hydrogen (secondary N) is 2. The van der Waals surface area contributed by atoms with E-state index >= 15 is 0 Å². The molecular formula is C34H46N2O8. The number of ether oxygens (including phenoxy) is 2. The molecule has 6 atom stereocenters. The van der Waals surface area contributed by atoms with E-state index in [1.807, 2.05) is 13.0 Å². The molecule has 10 nitrogen and oxygen atoms in total. The van der Waals surface area contributed by atoms with Gasteiger partial charge in [0.25, 0.3) is 0 Å². The van der Waals surface area contributed by atoms with Crippen LogP contribution in [0.3, 0.4) is 0 Å². The summed E-state index contributed by atoms with van der Waals surface area (Å²) in [7, 11) is 1.46. The van der Waals surface area contributed by atoms with Crippen molar-refractivity contribution in [3.8, 4) is 0 Å². The first kappa shape index (κ1) is 36.3. The molecule has 5 unspecified atom stereocenters. The molecule has 0 saturated carbocycles. The van der Waals surface area contributed by atoms with E-state index in [2.05, 4.69) is 10.6 Å². The van der Waals surface area contributed by atoms with E-state index < -0.39 is 53.7 Å². The fourth-order valence-corrected chi connectivity index (χ4v) is 4.58. The number of rotatable bonds is 6. The second-order valence-corrected chi connectivity index (χ2v) is 11.2. The average molecular weight is 611 g/mol. The molecule has 0 spiro atoms. The van der Waals surface area contributed by atoms with Gasteiger partial charge in [0, 0.05) is 37.0 Å². The minimum absolute atomic E-state index is 0.0600. The Balaban J connectivity index is 2.32. The topological polar surface area (TPSA) is 148 Å². The second kappa shape index (κ2) is 18.0. The van der Waals surface area contributed by atoms with Gasteiger partial charge in [0.05, 0.1) is 24.3 Å². The zero-order valence-corrected chi connectivity index (χ0v) is 26.5. The lowest BCUT2D eigenvalue weighted by molar-refractivity contribution is -0.156. The van der Waals surface area contributed by atoms with Gasteiger partial charge in [-0.25, -0.2) is 4.79 Å². The summed E-state index contributed by atoms with van der Waals surface area (Å²) in [6.07, 6.45) is 13.8. The van der Waals surface area contributed by atoms with Gasteiger partial charge in [-0.05, 0) is 44.8 Å². The summed E-state index contributed by atoms with van der Waals surface area (Å²) >= 11 is 0. The number of amides is 2. The van der Waals surface area contributed by atoms with Crippen molar-refractivity contribution in [2.75, 3.05) is 7.11 Å². The predicted octanol–water partition coefficient (Wildman–Crippen LogP) is 3.73. The normalized spacial score (nSPS) is 28.8. The molecule has 0 radical (unpaired) electrons. The van der Waals surface area contributed by atoms with E-state index in [9.17, 15) is 29.1 Å². The van der Waals surface area contributed by atoms with Crippen molar-refractivity contribution in [1.29, 1.82) is 0 Å². The molecule has 2 amide bonds. The number of methoxy groups -OCH3 is 1. The van der Waals surface area contributed by atoms with Crippen molar-refractivity contribution in [2.45, 2.75) is 91.1 Å². The molecule has 1 aliphatic carbocycles. The van der Waals surface area contributed by atoms with Gasteiger partial charge in [-0.2, -0.15) is 0 Å². The molecule has 0 aromatic heterocycles. The first-order valence-corrected chi connectivity index (χ1v) is 15.1. The number of fused-ring (bicyclic) bond motifs is 2. The van der Waals surface area contributed by atoms with Gasteiger partial charge >= 0.3 is 5.97 Å².